The van der Waals surface area contributed by atoms with E-state index in [0.717, 1.165) is 18.6 Å². The van der Waals surface area contributed by atoms with Crippen molar-refractivity contribution in [2.75, 3.05) is 7.11 Å². The molecule has 1 rings (SSSR count). The van der Waals surface area contributed by atoms with Crippen molar-refractivity contribution >= 4 is 5.94 Å². The molecule has 0 aromatic rings. The molecule has 0 aromatic heterocycles. The topological polar surface area (TPSA) is 26.3 Å². The van der Waals surface area contributed by atoms with E-state index in [1.807, 2.05) is 12.2 Å². The molecule has 2 nitrogen and oxygen atoms in total. The van der Waals surface area contributed by atoms with Gasteiger partial charge in [0.25, 0.3) is 0 Å². The van der Waals surface area contributed by atoms with Crippen LogP contribution in [0.5, 0.6) is 0 Å². The third kappa shape index (κ3) is 2.40. The number of carbonyl (C=O) groups excluding carboxylic acids is 1. The maximum atomic E-state index is 9.92. The van der Waals surface area contributed by atoms with Crippen molar-refractivity contribution in [3.63, 3.8) is 0 Å². The fraction of sp³-hybridized carbons (Fsp3) is 0.400. The Morgan fingerprint density at radius 3 is 3.17 bits per heavy atom. The summed E-state index contributed by atoms with van der Waals surface area (Å²) in [5, 5.41) is 0. The van der Waals surface area contributed by atoms with Crippen molar-refractivity contribution in [2.24, 2.45) is 5.92 Å². The van der Waals surface area contributed by atoms with Crippen LogP contribution in [0.1, 0.15) is 12.8 Å². The normalized spacial score (nSPS) is 21.1. The van der Waals surface area contributed by atoms with Crippen LogP contribution in [-0.2, 0) is 9.53 Å². The number of hydrogen-bond donors (Lipinski definition) is 0. The molecule has 0 bridgehead atoms. The molecular formula is C10H12O2. The number of rotatable bonds is 3. The fourth-order valence-electron chi connectivity index (χ4n) is 1.17. The van der Waals surface area contributed by atoms with E-state index in [1.165, 1.54) is 6.08 Å². The second-order valence-electron chi connectivity index (χ2n) is 2.72. The second-order valence-corrected chi connectivity index (χ2v) is 2.72. The minimum atomic E-state index is 0.436. The molecule has 2 heteroatoms. The molecule has 0 fully saturated rings. The zero-order valence-electron chi connectivity index (χ0n) is 7.12. The van der Waals surface area contributed by atoms with Crippen LogP contribution >= 0.6 is 0 Å². The highest BCUT2D eigenvalue weighted by molar-refractivity contribution is 5.44. The van der Waals surface area contributed by atoms with Gasteiger partial charge in [-0.3, -0.25) is 0 Å². The summed E-state index contributed by atoms with van der Waals surface area (Å²) in [6, 6.07) is 0. The molecule has 64 valence electrons. The first kappa shape index (κ1) is 8.82. The van der Waals surface area contributed by atoms with Gasteiger partial charge in [0.15, 0.2) is 0 Å². The predicted octanol–water partition coefficient (Wildman–Crippen LogP) is 1.87. The summed E-state index contributed by atoms with van der Waals surface area (Å²) < 4.78 is 5.03. The number of ether oxygens (including phenoxy) is 1. The summed E-state index contributed by atoms with van der Waals surface area (Å²) in [6.07, 6.45) is 9.27. The van der Waals surface area contributed by atoms with Gasteiger partial charge in [-0.1, -0.05) is 6.08 Å². The Kier molecular flexibility index (Phi) is 3.36. The van der Waals surface area contributed by atoms with Gasteiger partial charge in [0.2, 0.25) is 0 Å². The lowest BCUT2D eigenvalue weighted by atomic mass is 9.97. The van der Waals surface area contributed by atoms with Crippen LogP contribution in [0.3, 0.4) is 0 Å². The lowest BCUT2D eigenvalue weighted by Gasteiger charge is -2.12. The lowest BCUT2D eigenvalue weighted by molar-refractivity contribution is 0.301. The van der Waals surface area contributed by atoms with Gasteiger partial charge in [0, 0.05) is 6.08 Å². The average Bonchev–Trinajstić information content (AvgIpc) is 2.15. The Labute approximate surface area is 72.2 Å². The molecule has 1 atom stereocenters. The highest BCUT2D eigenvalue weighted by Crippen LogP contribution is 2.19. The molecule has 12 heavy (non-hydrogen) atoms. The Balaban J connectivity index is 2.42. The zero-order chi connectivity index (χ0) is 8.81. The van der Waals surface area contributed by atoms with Crippen molar-refractivity contribution < 1.29 is 9.53 Å². The molecule has 1 aliphatic carbocycles. The van der Waals surface area contributed by atoms with Crippen molar-refractivity contribution in [1.82, 2.24) is 0 Å². The van der Waals surface area contributed by atoms with Gasteiger partial charge < -0.3 is 4.74 Å². The maximum Gasteiger partial charge on any atom is 0.120 e. The summed E-state index contributed by atoms with van der Waals surface area (Å²) >= 11 is 0. The Morgan fingerprint density at radius 1 is 1.83 bits per heavy atom. The highest BCUT2D eigenvalue weighted by atomic mass is 16.5. The van der Waals surface area contributed by atoms with E-state index in [1.54, 1.807) is 13.1 Å². The molecule has 0 spiro atoms. The largest absolute Gasteiger partial charge is 0.497 e. The predicted molar refractivity (Wildman–Crippen MR) is 47.2 cm³/mol. The molecule has 0 radical (unpaired) electrons. The first-order chi connectivity index (χ1) is 5.86. The summed E-state index contributed by atoms with van der Waals surface area (Å²) in [7, 11) is 1.65. The number of hydrogen-bond acceptors (Lipinski definition) is 2. The highest BCUT2D eigenvalue weighted by Gasteiger charge is 2.06. The first-order valence-electron chi connectivity index (χ1n) is 3.98. The van der Waals surface area contributed by atoms with Gasteiger partial charge >= 0.3 is 0 Å². The quantitative estimate of drug-likeness (QED) is 0.595. The molecule has 0 heterocycles. The van der Waals surface area contributed by atoms with Crippen molar-refractivity contribution in [3.8, 4) is 0 Å². The van der Waals surface area contributed by atoms with E-state index >= 15 is 0 Å². The Morgan fingerprint density at radius 2 is 2.67 bits per heavy atom. The van der Waals surface area contributed by atoms with Gasteiger partial charge in [-0.05, 0) is 30.9 Å². The molecule has 0 N–H and O–H groups in total. The van der Waals surface area contributed by atoms with E-state index in [-0.39, 0.29) is 0 Å². The molecule has 0 aromatic carbocycles. The van der Waals surface area contributed by atoms with E-state index in [4.69, 9.17) is 4.74 Å². The fourth-order valence-corrected chi connectivity index (χ4v) is 1.17. The van der Waals surface area contributed by atoms with Crippen LogP contribution in [0.15, 0.2) is 30.1 Å². The maximum absolute atomic E-state index is 9.92. The van der Waals surface area contributed by atoms with Crippen LogP contribution in [0.4, 0.5) is 0 Å². The van der Waals surface area contributed by atoms with E-state index < -0.39 is 0 Å². The van der Waals surface area contributed by atoms with Crippen LogP contribution in [0, 0.1) is 5.92 Å². The van der Waals surface area contributed by atoms with E-state index in [9.17, 15) is 4.79 Å². The van der Waals surface area contributed by atoms with E-state index in [0.29, 0.717) is 5.92 Å². The summed E-state index contributed by atoms with van der Waals surface area (Å²) in [5.74, 6) is 3.12. The van der Waals surface area contributed by atoms with Crippen molar-refractivity contribution in [2.45, 2.75) is 12.8 Å². The van der Waals surface area contributed by atoms with Gasteiger partial charge in [-0.25, -0.2) is 4.79 Å². The van der Waals surface area contributed by atoms with Gasteiger partial charge in [0.1, 0.15) is 11.7 Å². The number of allylic oxidation sites excluding steroid dienone is 4. The molecule has 1 unspecified atom stereocenters. The lowest BCUT2D eigenvalue weighted by Crippen LogP contribution is -1.99. The molecule has 0 saturated carbocycles. The molecule has 1 aliphatic rings. The average molecular weight is 164 g/mol. The van der Waals surface area contributed by atoms with Gasteiger partial charge in [0.05, 0.1) is 7.11 Å². The SMILES string of the molecule is COC1=CCC(CC=C=O)C=C1. The van der Waals surface area contributed by atoms with Crippen LogP contribution in [0.25, 0.3) is 0 Å². The molecular weight excluding hydrogens is 152 g/mol. The van der Waals surface area contributed by atoms with Gasteiger partial charge in [-0.2, -0.15) is 0 Å². The third-order valence-corrected chi connectivity index (χ3v) is 1.89. The first-order valence-corrected chi connectivity index (χ1v) is 3.98. The van der Waals surface area contributed by atoms with Crippen molar-refractivity contribution in [1.29, 1.82) is 0 Å². The van der Waals surface area contributed by atoms with Crippen molar-refractivity contribution in [3.05, 3.63) is 30.1 Å². The van der Waals surface area contributed by atoms with Crippen LogP contribution < -0.4 is 0 Å². The van der Waals surface area contributed by atoms with Gasteiger partial charge in [-0.15, -0.1) is 0 Å². The minimum Gasteiger partial charge on any atom is -0.497 e. The van der Waals surface area contributed by atoms with E-state index in [2.05, 4.69) is 6.08 Å². The summed E-state index contributed by atoms with van der Waals surface area (Å²) in [4.78, 5) is 9.92. The molecule has 0 amide bonds. The minimum absolute atomic E-state index is 0.436. The smallest absolute Gasteiger partial charge is 0.120 e. The Hall–Kier alpha value is -1.27. The number of methoxy groups -OCH3 is 1. The molecule has 0 aliphatic heterocycles. The van der Waals surface area contributed by atoms with Crippen LogP contribution in [-0.4, -0.2) is 13.1 Å². The summed E-state index contributed by atoms with van der Waals surface area (Å²) in [5.41, 5.74) is 0. The third-order valence-electron chi connectivity index (χ3n) is 1.89. The molecule has 0 saturated heterocycles. The summed E-state index contributed by atoms with van der Waals surface area (Å²) in [6.45, 7) is 0. The monoisotopic (exact) mass is 164 g/mol. The zero-order valence-corrected chi connectivity index (χ0v) is 7.12. The standard InChI is InChI=1S/C10H12O2/c1-12-10-6-4-9(5-7-10)3-2-8-11/h2,4,6-7,9H,3,5H2,1H3. The van der Waals surface area contributed by atoms with Crippen LogP contribution in [0.2, 0.25) is 0 Å². The Bertz CT molecular complexity index is 245. The second kappa shape index (κ2) is 4.58.